The summed E-state index contributed by atoms with van der Waals surface area (Å²) in [7, 11) is 1.67. The van der Waals surface area contributed by atoms with Crippen LogP contribution in [0.3, 0.4) is 0 Å². The highest BCUT2D eigenvalue weighted by Gasteiger charge is 2.46. The number of ether oxygens (including phenoxy) is 1. The average molecular weight is 366 g/mol. The van der Waals surface area contributed by atoms with E-state index in [-0.39, 0.29) is 11.3 Å². The summed E-state index contributed by atoms with van der Waals surface area (Å²) in [4.78, 5) is 21.8. The van der Waals surface area contributed by atoms with Crippen LogP contribution in [0.2, 0.25) is 0 Å². The summed E-state index contributed by atoms with van der Waals surface area (Å²) in [6.07, 6.45) is 4.38. The summed E-state index contributed by atoms with van der Waals surface area (Å²) in [6.45, 7) is 4.74. The van der Waals surface area contributed by atoms with E-state index in [1.165, 1.54) is 5.69 Å². The maximum absolute atomic E-state index is 13.3. The van der Waals surface area contributed by atoms with Crippen molar-refractivity contribution in [3.05, 3.63) is 54.4 Å². The molecule has 1 amide bonds. The Balaban J connectivity index is 1.42. The second-order valence-electron chi connectivity index (χ2n) is 7.40. The summed E-state index contributed by atoms with van der Waals surface area (Å²) in [5, 5.41) is 3.31. The zero-order valence-corrected chi connectivity index (χ0v) is 15.7. The monoisotopic (exact) mass is 366 g/mol. The van der Waals surface area contributed by atoms with Crippen molar-refractivity contribution < 1.29 is 9.53 Å². The van der Waals surface area contributed by atoms with Crippen molar-refractivity contribution in [3.63, 3.8) is 0 Å². The van der Waals surface area contributed by atoms with Gasteiger partial charge in [-0.15, -0.1) is 0 Å². The molecule has 0 radical (unpaired) electrons. The molecule has 2 fully saturated rings. The fourth-order valence-corrected chi connectivity index (χ4v) is 4.01. The Bertz CT molecular complexity index is 784. The quantitative estimate of drug-likeness (QED) is 0.871. The molecule has 0 bridgehead atoms. The average Bonchev–Trinajstić information content (AvgIpc) is 2.71. The van der Waals surface area contributed by atoms with Crippen LogP contribution in [0.15, 0.2) is 48.8 Å². The number of hydrogen-bond donors (Lipinski definition) is 1. The molecular weight excluding hydrogens is 340 g/mol. The van der Waals surface area contributed by atoms with Crippen molar-refractivity contribution in [2.24, 2.45) is 5.41 Å². The standard InChI is InChI=1S/C21H26N4O2/c1-27-19-4-2-3-17(13-19)14-21(15-23-16-21)20(26)25-11-9-24(10-12-25)18-5-7-22-8-6-18/h2-8,13,23H,9-12,14-16H2,1H3. The molecule has 0 spiro atoms. The number of nitrogens with zero attached hydrogens (tertiary/aromatic N) is 3. The molecule has 1 aromatic carbocycles. The number of amides is 1. The van der Waals surface area contributed by atoms with Crippen LogP contribution < -0.4 is 15.0 Å². The predicted octanol–water partition coefficient (Wildman–Crippen LogP) is 1.57. The Morgan fingerprint density at radius 2 is 1.89 bits per heavy atom. The van der Waals surface area contributed by atoms with Crippen LogP contribution in [-0.4, -0.2) is 62.2 Å². The summed E-state index contributed by atoms with van der Waals surface area (Å²) >= 11 is 0. The van der Waals surface area contributed by atoms with Crippen molar-refractivity contribution in [1.82, 2.24) is 15.2 Å². The maximum Gasteiger partial charge on any atom is 0.231 e. The molecule has 4 rings (SSSR count). The molecular formula is C21H26N4O2. The molecule has 142 valence electrons. The summed E-state index contributed by atoms with van der Waals surface area (Å²) in [6, 6.07) is 12.1. The van der Waals surface area contributed by atoms with Gasteiger partial charge in [-0.05, 0) is 36.2 Å². The molecule has 0 atom stereocenters. The lowest BCUT2D eigenvalue weighted by Gasteiger charge is -2.46. The zero-order valence-electron chi connectivity index (χ0n) is 15.7. The van der Waals surface area contributed by atoms with Gasteiger partial charge >= 0.3 is 0 Å². The third-order valence-electron chi connectivity index (χ3n) is 5.65. The van der Waals surface area contributed by atoms with E-state index in [2.05, 4.69) is 21.3 Å². The van der Waals surface area contributed by atoms with Crippen LogP contribution >= 0.6 is 0 Å². The first-order valence-corrected chi connectivity index (χ1v) is 9.48. The Morgan fingerprint density at radius 3 is 2.52 bits per heavy atom. The summed E-state index contributed by atoms with van der Waals surface area (Å²) in [5.41, 5.74) is 2.00. The van der Waals surface area contributed by atoms with Gasteiger partial charge in [-0.25, -0.2) is 0 Å². The van der Waals surface area contributed by atoms with Gasteiger partial charge in [0.05, 0.1) is 12.5 Å². The first-order valence-electron chi connectivity index (χ1n) is 9.48. The molecule has 1 N–H and O–H groups in total. The van der Waals surface area contributed by atoms with Gasteiger partial charge in [0.2, 0.25) is 5.91 Å². The lowest BCUT2D eigenvalue weighted by atomic mass is 9.75. The highest BCUT2D eigenvalue weighted by molar-refractivity contribution is 5.85. The number of nitrogens with one attached hydrogen (secondary N) is 1. The molecule has 27 heavy (non-hydrogen) atoms. The second kappa shape index (κ2) is 7.56. The first-order chi connectivity index (χ1) is 13.2. The minimum absolute atomic E-state index is 0.276. The first kappa shape index (κ1) is 17.8. The topological polar surface area (TPSA) is 57.7 Å². The van der Waals surface area contributed by atoms with Gasteiger partial charge in [0, 0.05) is 57.3 Å². The SMILES string of the molecule is COc1cccc(CC2(C(=O)N3CCN(c4ccncc4)CC3)CNC2)c1. The fourth-order valence-electron chi connectivity index (χ4n) is 4.01. The molecule has 3 heterocycles. The molecule has 0 saturated carbocycles. The number of methoxy groups -OCH3 is 1. The Morgan fingerprint density at radius 1 is 1.15 bits per heavy atom. The number of carbonyl (C=O) groups excluding carboxylic acids is 1. The fraction of sp³-hybridized carbons (Fsp3) is 0.429. The Kier molecular flexibility index (Phi) is 4.99. The highest BCUT2D eigenvalue weighted by atomic mass is 16.5. The summed E-state index contributed by atoms with van der Waals surface area (Å²) in [5.74, 6) is 1.12. The molecule has 0 unspecified atom stereocenters. The number of aromatic nitrogens is 1. The second-order valence-corrected chi connectivity index (χ2v) is 7.40. The minimum atomic E-state index is -0.328. The van der Waals surface area contributed by atoms with Crippen molar-refractivity contribution in [2.45, 2.75) is 6.42 Å². The number of hydrogen-bond acceptors (Lipinski definition) is 5. The van der Waals surface area contributed by atoms with Crippen LogP contribution in [0.1, 0.15) is 5.56 Å². The molecule has 2 aliphatic rings. The lowest BCUT2D eigenvalue weighted by molar-refractivity contribution is -0.145. The number of rotatable bonds is 5. The Labute approximate surface area is 160 Å². The largest absolute Gasteiger partial charge is 0.497 e. The molecule has 2 aliphatic heterocycles. The normalized spacial score (nSPS) is 18.7. The number of pyridine rings is 1. The molecule has 6 nitrogen and oxygen atoms in total. The van der Waals surface area contributed by atoms with Gasteiger partial charge in [-0.1, -0.05) is 12.1 Å². The number of piperazine rings is 1. The molecule has 2 saturated heterocycles. The smallest absolute Gasteiger partial charge is 0.231 e. The van der Waals surface area contributed by atoms with Crippen molar-refractivity contribution in [3.8, 4) is 5.75 Å². The number of carbonyl (C=O) groups is 1. The number of anilines is 1. The van der Waals surface area contributed by atoms with E-state index in [1.54, 1.807) is 7.11 Å². The predicted molar refractivity (Wildman–Crippen MR) is 105 cm³/mol. The van der Waals surface area contributed by atoms with Crippen LogP contribution in [-0.2, 0) is 11.2 Å². The highest BCUT2D eigenvalue weighted by Crippen LogP contribution is 2.32. The van der Waals surface area contributed by atoms with Crippen LogP contribution in [0.5, 0.6) is 5.75 Å². The van der Waals surface area contributed by atoms with Gasteiger partial charge in [0.15, 0.2) is 0 Å². The van der Waals surface area contributed by atoms with Crippen LogP contribution in [0.4, 0.5) is 5.69 Å². The lowest BCUT2D eigenvalue weighted by Crippen LogP contribution is -2.65. The van der Waals surface area contributed by atoms with E-state index in [1.807, 2.05) is 47.6 Å². The maximum atomic E-state index is 13.3. The van der Waals surface area contributed by atoms with Gasteiger partial charge in [-0.3, -0.25) is 9.78 Å². The van der Waals surface area contributed by atoms with Crippen molar-refractivity contribution >= 4 is 11.6 Å². The zero-order chi connectivity index (χ0) is 18.7. The van der Waals surface area contributed by atoms with E-state index in [0.717, 1.165) is 57.0 Å². The third-order valence-corrected chi connectivity index (χ3v) is 5.65. The van der Waals surface area contributed by atoms with Crippen molar-refractivity contribution in [1.29, 1.82) is 0 Å². The van der Waals surface area contributed by atoms with Gasteiger partial charge in [-0.2, -0.15) is 0 Å². The molecule has 0 aliphatic carbocycles. The van der Waals surface area contributed by atoms with E-state index < -0.39 is 0 Å². The van der Waals surface area contributed by atoms with Crippen LogP contribution in [0.25, 0.3) is 0 Å². The minimum Gasteiger partial charge on any atom is -0.497 e. The van der Waals surface area contributed by atoms with E-state index >= 15 is 0 Å². The van der Waals surface area contributed by atoms with E-state index in [0.29, 0.717) is 0 Å². The van der Waals surface area contributed by atoms with Crippen LogP contribution in [0, 0.1) is 5.41 Å². The third kappa shape index (κ3) is 3.62. The number of benzene rings is 1. The van der Waals surface area contributed by atoms with E-state index in [9.17, 15) is 4.79 Å². The van der Waals surface area contributed by atoms with Gasteiger partial charge in [0.25, 0.3) is 0 Å². The van der Waals surface area contributed by atoms with E-state index in [4.69, 9.17) is 4.74 Å². The molecule has 2 aromatic rings. The van der Waals surface area contributed by atoms with Crippen molar-refractivity contribution in [2.75, 3.05) is 51.3 Å². The summed E-state index contributed by atoms with van der Waals surface area (Å²) < 4.78 is 5.33. The Hall–Kier alpha value is -2.60. The van der Waals surface area contributed by atoms with Gasteiger partial charge < -0.3 is 19.9 Å². The molecule has 6 heteroatoms. The van der Waals surface area contributed by atoms with Gasteiger partial charge in [0.1, 0.15) is 5.75 Å². The molecule has 1 aromatic heterocycles.